The fraction of sp³-hybridized carbons (Fsp3) is 0.917. The number of amides is 1. The van der Waals surface area contributed by atoms with E-state index in [4.69, 9.17) is 0 Å². The summed E-state index contributed by atoms with van der Waals surface area (Å²) in [4.78, 5) is 11.8. The molecule has 15 heavy (non-hydrogen) atoms. The van der Waals surface area contributed by atoms with E-state index in [9.17, 15) is 9.90 Å². The van der Waals surface area contributed by atoms with Gasteiger partial charge in [-0.15, -0.1) is 0 Å². The van der Waals surface area contributed by atoms with Crippen LogP contribution in [0.3, 0.4) is 0 Å². The van der Waals surface area contributed by atoms with E-state index in [1.165, 1.54) is 6.42 Å². The zero-order valence-electron chi connectivity index (χ0n) is 9.62. The fourth-order valence-electron chi connectivity index (χ4n) is 2.48. The standard InChI is InChI=1S/C12H21NO2/c1-3-12(2,15)7-13-11(14)10-5-8-4-9(8)6-10/h8-10,15H,3-7H2,1-2H3,(H,13,14). The van der Waals surface area contributed by atoms with Crippen LogP contribution in [0.4, 0.5) is 0 Å². The summed E-state index contributed by atoms with van der Waals surface area (Å²) in [6, 6.07) is 0. The van der Waals surface area contributed by atoms with Gasteiger partial charge in [-0.2, -0.15) is 0 Å². The molecule has 0 bridgehead atoms. The number of carbonyl (C=O) groups is 1. The maximum atomic E-state index is 11.8. The maximum Gasteiger partial charge on any atom is 0.223 e. The Morgan fingerprint density at radius 3 is 2.53 bits per heavy atom. The molecule has 0 aromatic heterocycles. The largest absolute Gasteiger partial charge is 0.388 e. The summed E-state index contributed by atoms with van der Waals surface area (Å²) >= 11 is 0. The Morgan fingerprint density at radius 2 is 2.00 bits per heavy atom. The average Bonchev–Trinajstić information content (AvgIpc) is 2.82. The van der Waals surface area contributed by atoms with E-state index in [2.05, 4.69) is 5.32 Å². The van der Waals surface area contributed by atoms with E-state index >= 15 is 0 Å². The van der Waals surface area contributed by atoms with Gasteiger partial charge in [0.1, 0.15) is 0 Å². The predicted octanol–water partition coefficient (Wildman–Crippen LogP) is 1.31. The molecule has 0 aliphatic heterocycles. The minimum atomic E-state index is -0.753. The molecule has 2 N–H and O–H groups in total. The molecule has 86 valence electrons. The van der Waals surface area contributed by atoms with Gasteiger partial charge in [0.15, 0.2) is 0 Å². The Hall–Kier alpha value is -0.570. The van der Waals surface area contributed by atoms with E-state index in [-0.39, 0.29) is 11.8 Å². The summed E-state index contributed by atoms with van der Waals surface area (Å²) in [6.07, 6.45) is 4.16. The molecule has 2 aliphatic carbocycles. The summed E-state index contributed by atoms with van der Waals surface area (Å²) in [7, 11) is 0. The molecule has 1 amide bonds. The van der Waals surface area contributed by atoms with Gasteiger partial charge >= 0.3 is 0 Å². The lowest BCUT2D eigenvalue weighted by Gasteiger charge is -2.23. The van der Waals surface area contributed by atoms with Gasteiger partial charge < -0.3 is 10.4 Å². The van der Waals surface area contributed by atoms with Gasteiger partial charge in [-0.3, -0.25) is 4.79 Å². The van der Waals surface area contributed by atoms with Crippen molar-refractivity contribution >= 4 is 5.91 Å². The normalized spacial score (nSPS) is 36.9. The van der Waals surface area contributed by atoms with Crippen LogP contribution < -0.4 is 5.32 Å². The number of fused-ring (bicyclic) bond motifs is 1. The highest BCUT2D eigenvalue weighted by molar-refractivity contribution is 5.79. The number of rotatable bonds is 4. The molecule has 3 unspecified atom stereocenters. The second-order valence-corrected chi connectivity index (χ2v) is 5.49. The highest BCUT2D eigenvalue weighted by Crippen LogP contribution is 2.54. The Bertz CT molecular complexity index is 252. The smallest absolute Gasteiger partial charge is 0.223 e. The van der Waals surface area contributed by atoms with Crippen molar-refractivity contribution in [3.63, 3.8) is 0 Å². The molecular formula is C12H21NO2. The molecule has 0 saturated heterocycles. The Kier molecular flexibility index (Phi) is 2.75. The van der Waals surface area contributed by atoms with E-state index < -0.39 is 5.60 Å². The Balaban J connectivity index is 1.73. The van der Waals surface area contributed by atoms with E-state index in [1.807, 2.05) is 6.92 Å². The number of aliphatic hydroxyl groups is 1. The minimum Gasteiger partial charge on any atom is -0.388 e. The van der Waals surface area contributed by atoms with Gasteiger partial charge in [0.25, 0.3) is 0 Å². The van der Waals surface area contributed by atoms with Gasteiger partial charge in [0, 0.05) is 12.5 Å². The molecule has 2 rings (SSSR count). The van der Waals surface area contributed by atoms with E-state index in [0.717, 1.165) is 24.7 Å². The van der Waals surface area contributed by atoms with Crippen molar-refractivity contribution in [3.05, 3.63) is 0 Å². The molecule has 0 aromatic rings. The summed E-state index contributed by atoms with van der Waals surface area (Å²) in [5, 5.41) is 12.6. The summed E-state index contributed by atoms with van der Waals surface area (Å²) in [5.41, 5.74) is -0.753. The second kappa shape index (κ2) is 3.78. The van der Waals surface area contributed by atoms with Crippen LogP contribution in [0.15, 0.2) is 0 Å². The van der Waals surface area contributed by atoms with Crippen molar-refractivity contribution < 1.29 is 9.90 Å². The topological polar surface area (TPSA) is 49.3 Å². The first-order valence-corrected chi connectivity index (χ1v) is 6.02. The molecular weight excluding hydrogens is 190 g/mol. The van der Waals surface area contributed by atoms with Crippen LogP contribution in [0.1, 0.15) is 39.5 Å². The molecule has 0 aromatic carbocycles. The van der Waals surface area contributed by atoms with Crippen LogP contribution in [-0.2, 0) is 4.79 Å². The first-order chi connectivity index (χ1) is 7.02. The van der Waals surface area contributed by atoms with Crippen LogP contribution in [0.25, 0.3) is 0 Å². The molecule has 3 atom stereocenters. The molecule has 3 nitrogen and oxygen atoms in total. The zero-order valence-corrected chi connectivity index (χ0v) is 9.62. The molecule has 3 heteroatoms. The van der Waals surface area contributed by atoms with E-state index in [0.29, 0.717) is 13.0 Å². The summed E-state index contributed by atoms with van der Waals surface area (Å²) in [5.74, 6) is 2.05. The van der Waals surface area contributed by atoms with Crippen molar-refractivity contribution in [2.75, 3.05) is 6.54 Å². The Morgan fingerprint density at radius 1 is 1.40 bits per heavy atom. The van der Waals surface area contributed by atoms with Gasteiger partial charge in [0.2, 0.25) is 5.91 Å². The van der Waals surface area contributed by atoms with Crippen molar-refractivity contribution in [2.45, 2.75) is 45.1 Å². The average molecular weight is 211 g/mol. The van der Waals surface area contributed by atoms with Crippen LogP contribution >= 0.6 is 0 Å². The van der Waals surface area contributed by atoms with Gasteiger partial charge in [-0.25, -0.2) is 0 Å². The number of carbonyl (C=O) groups excluding carboxylic acids is 1. The molecule has 0 heterocycles. The second-order valence-electron chi connectivity index (χ2n) is 5.49. The molecule has 0 spiro atoms. The van der Waals surface area contributed by atoms with Crippen molar-refractivity contribution in [1.29, 1.82) is 0 Å². The van der Waals surface area contributed by atoms with Crippen LogP contribution in [0.2, 0.25) is 0 Å². The van der Waals surface area contributed by atoms with Crippen molar-refractivity contribution in [1.82, 2.24) is 5.32 Å². The highest BCUT2D eigenvalue weighted by atomic mass is 16.3. The zero-order chi connectivity index (χ0) is 11.1. The quantitative estimate of drug-likeness (QED) is 0.736. The van der Waals surface area contributed by atoms with Gasteiger partial charge in [-0.1, -0.05) is 6.92 Å². The Labute approximate surface area is 91.2 Å². The minimum absolute atomic E-state index is 0.149. The molecule has 2 aliphatic rings. The fourth-order valence-corrected chi connectivity index (χ4v) is 2.48. The number of hydrogen-bond acceptors (Lipinski definition) is 2. The molecule has 2 saturated carbocycles. The first kappa shape index (κ1) is 10.9. The lowest BCUT2D eigenvalue weighted by atomic mass is 10.0. The number of nitrogens with one attached hydrogen (secondary N) is 1. The molecule has 2 fully saturated rings. The lowest BCUT2D eigenvalue weighted by molar-refractivity contribution is -0.126. The third kappa shape index (κ3) is 2.51. The third-order valence-electron chi connectivity index (χ3n) is 4.02. The summed E-state index contributed by atoms with van der Waals surface area (Å²) < 4.78 is 0. The first-order valence-electron chi connectivity index (χ1n) is 6.02. The molecule has 0 radical (unpaired) electrons. The SMILES string of the molecule is CCC(C)(O)CNC(=O)C1CC2CC2C1. The van der Waals surface area contributed by atoms with Gasteiger partial charge in [-0.05, 0) is 44.4 Å². The van der Waals surface area contributed by atoms with E-state index in [1.54, 1.807) is 6.92 Å². The van der Waals surface area contributed by atoms with Crippen molar-refractivity contribution in [3.8, 4) is 0 Å². The maximum absolute atomic E-state index is 11.8. The van der Waals surface area contributed by atoms with Crippen LogP contribution in [-0.4, -0.2) is 23.2 Å². The summed E-state index contributed by atoms with van der Waals surface area (Å²) in [6.45, 7) is 4.07. The monoisotopic (exact) mass is 211 g/mol. The number of hydrogen-bond donors (Lipinski definition) is 2. The van der Waals surface area contributed by atoms with Crippen molar-refractivity contribution in [2.24, 2.45) is 17.8 Å². The van der Waals surface area contributed by atoms with Crippen LogP contribution in [0.5, 0.6) is 0 Å². The lowest BCUT2D eigenvalue weighted by Crippen LogP contribution is -2.42. The highest BCUT2D eigenvalue weighted by Gasteiger charge is 2.48. The predicted molar refractivity (Wildman–Crippen MR) is 58.2 cm³/mol. The van der Waals surface area contributed by atoms with Crippen LogP contribution in [0, 0.1) is 17.8 Å². The third-order valence-corrected chi connectivity index (χ3v) is 4.02. The van der Waals surface area contributed by atoms with Gasteiger partial charge in [0.05, 0.1) is 5.60 Å².